The number of ether oxygens (including phenoxy) is 1. The van der Waals surface area contributed by atoms with Crippen LogP contribution in [0.15, 0.2) is 36.9 Å². The molecule has 0 radical (unpaired) electrons. The fraction of sp³-hybridized carbons (Fsp3) is 0.400. The maximum absolute atomic E-state index is 9.65. The number of aliphatic hydroxyl groups excluding tert-OH is 1. The first kappa shape index (κ1) is 17.8. The number of hydrogen-bond acceptors (Lipinski definition) is 5. The Kier molecular flexibility index (Phi) is 4.96. The van der Waals surface area contributed by atoms with Gasteiger partial charge in [-0.05, 0) is 24.6 Å². The topological polar surface area (TPSA) is 79.2 Å². The molecule has 2 aromatic heterocycles. The lowest BCUT2D eigenvalue weighted by atomic mass is 9.93. The van der Waals surface area contributed by atoms with Crippen LogP contribution in [0, 0.1) is 0 Å². The van der Waals surface area contributed by atoms with Crippen LogP contribution < -0.4 is 4.74 Å². The highest BCUT2D eigenvalue weighted by molar-refractivity contribution is 5.37. The summed E-state index contributed by atoms with van der Waals surface area (Å²) in [5, 5.41) is 14.0. The third-order valence-corrected chi connectivity index (χ3v) is 5.03. The molecule has 4 rings (SSSR count). The molecular weight excluding hydrogens is 342 g/mol. The van der Waals surface area contributed by atoms with Crippen LogP contribution in [0.1, 0.15) is 40.9 Å². The summed E-state index contributed by atoms with van der Waals surface area (Å²) >= 11 is 0. The van der Waals surface area contributed by atoms with E-state index in [1.807, 2.05) is 37.0 Å². The van der Waals surface area contributed by atoms with Crippen LogP contribution in [-0.2, 0) is 26.7 Å². The van der Waals surface area contributed by atoms with Crippen LogP contribution >= 0.6 is 0 Å². The van der Waals surface area contributed by atoms with Crippen molar-refractivity contribution in [2.75, 3.05) is 13.2 Å². The minimum atomic E-state index is -0.0216. The molecule has 0 saturated heterocycles. The Morgan fingerprint density at radius 1 is 1.37 bits per heavy atom. The average molecular weight is 367 g/mol. The van der Waals surface area contributed by atoms with E-state index in [1.165, 1.54) is 5.56 Å². The van der Waals surface area contributed by atoms with Gasteiger partial charge >= 0.3 is 0 Å². The first-order valence-electron chi connectivity index (χ1n) is 9.26. The van der Waals surface area contributed by atoms with Gasteiger partial charge in [-0.3, -0.25) is 9.58 Å². The van der Waals surface area contributed by atoms with Crippen molar-refractivity contribution in [3.63, 3.8) is 0 Å². The molecule has 0 saturated carbocycles. The van der Waals surface area contributed by atoms with E-state index >= 15 is 0 Å². The van der Waals surface area contributed by atoms with Gasteiger partial charge in [-0.15, -0.1) is 0 Å². The molecule has 7 heteroatoms. The van der Waals surface area contributed by atoms with Gasteiger partial charge in [0, 0.05) is 49.9 Å². The highest BCUT2D eigenvalue weighted by Gasteiger charge is 2.29. The average Bonchev–Trinajstić information content (AvgIpc) is 3.31. The highest BCUT2D eigenvalue weighted by Crippen LogP contribution is 2.32. The second-order valence-electron chi connectivity index (χ2n) is 6.97. The number of fused-ring (bicyclic) bond motifs is 1. The van der Waals surface area contributed by atoms with Crippen LogP contribution in [0.25, 0.3) is 0 Å². The van der Waals surface area contributed by atoms with E-state index in [-0.39, 0.29) is 12.5 Å². The Hall–Kier alpha value is -2.64. The zero-order valence-corrected chi connectivity index (χ0v) is 15.7. The number of nitrogens with one attached hydrogen (secondary N) is 1. The minimum absolute atomic E-state index is 0.0216. The maximum Gasteiger partial charge on any atom is 0.124 e. The molecule has 3 heterocycles. The maximum atomic E-state index is 9.65. The Morgan fingerprint density at radius 3 is 3.00 bits per heavy atom. The smallest absolute Gasteiger partial charge is 0.124 e. The minimum Gasteiger partial charge on any atom is -0.494 e. The molecule has 0 amide bonds. The van der Waals surface area contributed by atoms with Gasteiger partial charge in [0.15, 0.2) is 0 Å². The summed E-state index contributed by atoms with van der Waals surface area (Å²) < 4.78 is 7.42. The van der Waals surface area contributed by atoms with E-state index in [0.29, 0.717) is 6.61 Å². The van der Waals surface area contributed by atoms with Gasteiger partial charge in [0.1, 0.15) is 5.75 Å². The molecule has 142 valence electrons. The lowest BCUT2D eigenvalue weighted by molar-refractivity contribution is 0.227. The first-order chi connectivity index (χ1) is 13.2. The van der Waals surface area contributed by atoms with Crippen LogP contribution in [-0.4, -0.2) is 42.9 Å². The summed E-state index contributed by atoms with van der Waals surface area (Å²) in [5.41, 5.74) is 5.44. The molecule has 1 atom stereocenters. The molecular formula is C20H25N5O2. The van der Waals surface area contributed by atoms with Crippen molar-refractivity contribution in [1.82, 2.24) is 24.6 Å². The van der Waals surface area contributed by atoms with Crippen LogP contribution in [0.5, 0.6) is 5.75 Å². The molecule has 1 unspecified atom stereocenters. The summed E-state index contributed by atoms with van der Waals surface area (Å²) in [6, 6.07) is 6.06. The number of rotatable bonds is 6. The summed E-state index contributed by atoms with van der Waals surface area (Å²) in [7, 11) is 1.94. The molecule has 0 fully saturated rings. The van der Waals surface area contributed by atoms with E-state index in [2.05, 4.69) is 32.2 Å². The molecule has 27 heavy (non-hydrogen) atoms. The number of aryl methyl sites for hydroxylation is 1. The van der Waals surface area contributed by atoms with Crippen molar-refractivity contribution in [2.24, 2.45) is 7.05 Å². The Bertz CT molecular complexity index is 917. The molecule has 2 N–H and O–H groups in total. The molecule has 1 aliphatic rings. The number of nitrogens with zero attached hydrogens (tertiary/aromatic N) is 4. The van der Waals surface area contributed by atoms with E-state index < -0.39 is 0 Å². The zero-order chi connectivity index (χ0) is 18.8. The molecule has 3 aromatic rings. The molecule has 1 aromatic carbocycles. The van der Waals surface area contributed by atoms with Gasteiger partial charge in [0.2, 0.25) is 0 Å². The second kappa shape index (κ2) is 7.54. The van der Waals surface area contributed by atoms with Crippen molar-refractivity contribution >= 4 is 0 Å². The number of benzene rings is 1. The standard InChI is InChI=1S/C20H25N5O2/c1-3-27-19-5-4-14(6-15(19)12-26)8-25-10-17(16-7-23-24(2)9-16)20-18(11-25)21-13-22-20/h4-7,9,13,17,26H,3,8,10-12H2,1-2H3,(H,21,22). The lowest BCUT2D eigenvalue weighted by Crippen LogP contribution is -2.33. The number of aromatic amines is 1. The van der Waals surface area contributed by atoms with Gasteiger partial charge in [0.05, 0.1) is 37.1 Å². The van der Waals surface area contributed by atoms with E-state index in [1.54, 1.807) is 6.33 Å². The fourth-order valence-corrected chi connectivity index (χ4v) is 3.80. The molecule has 7 nitrogen and oxygen atoms in total. The van der Waals surface area contributed by atoms with E-state index in [9.17, 15) is 5.11 Å². The number of aliphatic hydroxyl groups is 1. The normalized spacial score (nSPS) is 17.1. The number of H-pyrrole nitrogens is 1. The van der Waals surface area contributed by atoms with Crippen molar-refractivity contribution in [2.45, 2.75) is 32.5 Å². The quantitative estimate of drug-likeness (QED) is 0.698. The lowest BCUT2D eigenvalue weighted by Gasteiger charge is -2.31. The predicted octanol–water partition coefficient (Wildman–Crippen LogP) is 2.18. The third-order valence-electron chi connectivity index (χ3n) is 5.03. The number of aromatic nitrogens is 4. The van der Waals surface area contributed by atoms with Gasteiger partial charge in [-0.1, -0.05) is 6.07 Å². The summed E-state index contributed by atoms with van der Waals surface area (Å²) in [6.07, 6.45) is 5.76. The van der Waals surface area contributed by atoms with Crippen LogP contribution in [0.4, 0.5) is 0 Å². The van der Waals surface area contributed by atoms with Crippen molar-refractivity contribution in [1.29, 1.82) is 0 Å². The third kappa shape index (κ3) is 3.61. The molecule has 0 aliphatic carbocycles. The predicted molar refractivity (Wildman–Crippen MR) is 101 cm³/mol. The summed E-state index contributed by atoms with van der Waals surface area (Å²) in [5.74, 6) is 0.959. The largest absolute Gasteiger partial charge is 0.494 e. The number of imidazole rings is 1. The van der Waals surface area contributed by atoms with Crippen molar-refractivity contribution < 1.29 is 9.84 Å². The van der Waals surface area contributed by atoms with E-state index in [4.69, 9.17) is 4.74 Å². The van der Waals surface area contributed by atoms with Crippen LogP contribution in [0.2, 0.25) is 0 Å². The summed E-state index contributed by atoms with van der Waals surface area (Å²) in [4.78, 5) is 10.2. The second-order valence-corrected chi connectivity index (χ2v) is 6.97. The monoisotopic (exact) mass is 367 g/mol. The highest BCUT2D eigenvalue weighted by atomic mass is 16.5. The van der Waals surface area contributed by atoms with Gasteiger partial charge in [-0.25, -0.2) is 4.98 Å². The zero-order valence-electron chi connectivity index (χ0n) is 15.7. The van der Waals surface area contributed by atoms with Crippen molar-refractivity contribution in [3.05, 3.63) is 65.0 Å². The van der Waals surface area contributed by atoms with Crippen LogP contribution in [0.3, 0.4) is 0 Å². The fourth-order valence-electron chi connectivity index (χ4n) is 3.80. The Morgan fingerprint density at radius 2 is 2.26 bits per heavy atom. The number of hydrogen-bond donors (Lipinski definition) is 2. The SMILES string of the molecule is CCOc1ccc(CN2Cc3[nH]cnc3C(c3cnn(C)c3)C2)cc1CO. The summed E-state index contributed by atoms with van der Waals surface area (Å²) in [6.45, 7) is 5.02. The molecule has 0 spiro atoms. The Balaban J connectivity index is 1.57. The van der Waals surface area contributed by atoms with Gasteiger partial charge < -0.3 is 14.8 Å². The molecule has 0 bridgehead atoms. The van der Waals surface area contributed by atoms with E-state index in [0.717, 1.165) is 47.9 Å². The van der Waals surface area contributed by atoms with Crippen molar-refractivity contribution in [3.8, 4) is 5.75 Å². The molecule has 1 aliphatic heterocycles. The first-order valence-corrected chi connectivity index (χ1v) is 9.26. The Labute approximate surface area is 158 Å². The van der Waals surface area contributed by atoms with Gasteiger partial charge in [-0.2, -0.15) is 5.10 Å². The van der Waals surface area contributed by atoms with Gasteiger partial charge in [0.25, 0.3) is 0 Å².